The molecule has 1 saturated carbocycles. The highest BCUT2D eigenvalue weighted by molar-refractivity contribution is 7.54. The van der Waals surface area contributed by atoms with Gasteiger partial charge in [-0.1, -0.05) is 31.1 Å². The first kappa shape index (κ1) is 16.7. The quantitative estimate of drug-likeness (QED) is 0.533. The van der Waals surface area contributed by atoms with Crippen LogP contribution in [0.5, 0.6) is 0 Å². The van der Waals surface area contributed by atoms with E-state index in [4.69, 9.17) is 9.05 Å². The molecule has 3 nitrogen and oxygen atoms in total. The molecule has 1 unspecified atom stereocenters. The van der Waals surface area contributed by atoms with Crippen LogP contribution in [-0.2, 0) is 13.6 Å². The smallest absolute Gasteiger partial charge is 0.306 e. The van der Waals surface area contributed by atoms with Crippen molar-refractivity contribution in [3.63, 3.8) is 0 Å². The Hall–Kier alpha value is -0.360. The molecular weight excluding hydrogens is 266 g/mol. The van der Waals surface area contributed by atoms with Gasteiger partial charge in [0.1, 0.15) is 0 Å². The predicted octanol–water partition coefficient (Wildman–Crippen LogP) is 4.52. The van der Waals surface area contributed by atoms with Crippen molar-refractivity contribution in [2.75, 3.05) is 13.2 Å². The van der Waals surface area contributed by atoms with Crippen molar-refractivity contribution in [1.82, 2.24) is 0 Å². The number of alkyl halides is 1. The van der Waals surface area contributed by atoms with Gasteiger partial charge in [0.2, 0.25) is 0 Å². The molecule has 0 spiro atoms. The topological polar surface area (TPSA) is 35.5 Å². The molecule has 1 rings (SSSR count). The molecule has 0 radical (unpaired) electrons. The highest BCUT2D eigenvalue weighted by Gasteiger charge is 2.34. The minimum Gasteiger partial charge on any atom is -0.306 e. The Balaban J connectivity index is 2.51. The first-order valence-electron chi connectivity index (χ1n) is 7.13. The van der Waals surface area contributed by atoms with E-state index in [9.17, 15) is 8.96 Å². The van der Waals surface area contributed by atoms with Gasteiger partial charge < -0.3 is 9.05 Å². The number of rotatable bonds is 6. The number of hydrogen-bond acceptors (Lipinski definition) is 3. The van der Waals surface area contributed by atoms with Gasteiger partial charge in [-0.05, 0) is 32.6 Å². The maximum Gasteiger partial charge on any atom is 0.376 e. The first-order chi connectivity index (χ1) is 9.12. The molecule has 0 aliphatic heterocycles. The van der Waals surface area contributed by atoms with E-state index in [1.165, 1.54) is 32.1 Å². The maximum absolute atomic E-state index is 13.9. The molecule has 19 heavy (non-hydrogen) atoms. The summed E-state index contributed by atoms with van der Waals surface area (Å²) in [4.78, 5) is 0. The van der Waals surface area contributed by atoms with Gasteiger partial charge in [0.25, 0.3) is 5.91 Å². The van der Waals surface area contributed by atoms with Crippen LogP contribution in [0.25, 0.3) is 0 Å². The summed E-state index contributed by atoms with van der Waals surface area (Å²) >= 11 is 0. The first-order valence-corrected chi connectivity index (χ1v) is 8.74. The Kier molecular flexibility index (Phi) is 7.68. The molecular formula is C14H24FO3P. The van der Waals surface area contributed by atoms with Crippen LogP contribution in [0.1, 0.15) is 52.4 Å². The highest BCUT2D eigenvalue weighted by Crippen LogP contribution is 2.53. The lowest BCUT2D eigenvalue weighted by Gasteiger charge is -2.19. The zero-order chi connectivity index (χ0) is 14.1. The van der Waals surface area contributed by atoms with Crippen LogP contribution in [0.4, 0.5) is 4.39 Å². The van der Waals surface area contributed by atoms with Gasteiger partial charge in [0, 0.05) is 6.42 Å². The summed E-state index contributed by atoms with van der Waals surface area (Å²) in [7, 11) is -3.72. The van der Waals surface area contributed by atoms with Crippen LogP contribution >= 0.6 is 7.60 Å². The zero-order valence-electron chi connectivity index (χ0n) is 11.9. The number of halogens is 1. The van der Waals surface area contributed by atoms with E-state index in [0.717, 1.165) is 0 Å². The lowest BCUT2D eigenvalue weighted by molar-refractivity contribution is 0.200. The minimum atomic E-state index is -3.72. The molecule has 0 amide bonds. The normalized spacial score (nSPS) is 18.7. The Labute approximate surface area is 115 Å². The Morgan fingerprint density at radius 2 is 1.79 bits per heavy atom. The van der Waals surface area contributed by atoms with Crippen molar-refractivity contribution >= 4 is 7.60 Å². The maximum atomic E-state index is 13.9. The Morgan fingerprint density at radius 3 is 2.32 bits per heavy atom. The summed E-state index contributed by atoms with van der Waals surface area (Å²) in [5.74, 6) is 3.96. The summed E-state index contributed by atoms with van der Waals surface area (Å²) in [6, 6.07) is 0. The van der Waals surface area contributed by atoms with E-state index in [1.54, 1.807) is 13.8 Å². The zero-order valence-corrected chi connectivity index (χ0v) is 12.8. The second-order valence-electron chi connectivity index (χ2n) is 4.74. The van der Waals surface area contributed by atoms with Crippen molar-refractivity contribution in [3.05, 3.63) is 0 Å². The molecule has 0 bridgehead atoms. The van der Waals surface area contributed by atoms with Crippen molar-refractivity contribution in [2.24, 2.45) is 5.92 Å². The third-order valence-corrected chi connectivity index (χ3v) is 5.15. The molecule has 0 aromatic carbocycles. The molecule has 0 saturated heterocycles. The van der Waals surface area contributed by atoms with E-state index in [0.29, 0.717) is 12.3 Å². The van der Waals surface area contributed by atoms with Gasteiger partial charge in [0.05, 0.1) is 13.2 Å². The van der Waals surface area contributed by atoms with E-state index in [-0.39, 0.29) is 13.2 Å². The minimum absolute atomic E-state index is 0.155. The second kappa shape index (κ2) is 8.74. The largest absolute Gasteiger partial charge is 0.376 e. The Bertz CT molecular complexity index is 345. The second-order valence-corrected chi connectivity index (χ2v) is 6.79. The molecule has 0 N–H and O–H groups in total. The number of hydrogen-bond donors (Lipinski definition) is 0. The molecule has 5 heteroatoms. The summed E-state index contributed by atoms with van der Waals surface area (Å²) in [6.07, 6.45) is 6.78. The van der Waals surface area contributed by atoms with Crippen LogP contribution in [-0.4, -0.2) is 19.1 Å². The third-order valence-electron chi connectivity index (χ3n) is 3.23. The standard InChI is InChI=1S/C14H24FO3P/c1-3-17-19(16,18-4-2)14(15)12-8-11-13-9-6-5-7-10-13/h13-14H,3-7,9-11H2,1-2H3. The van der Waals surface area contributed by atoms with Gasteiger partial charge >= 0.3 is 7.60 Å². The van der Waals surface area contributed by atoms with Crippen molar-refractivity contribution in [3.8, 4) is 11.8 Å². The van der Waals surface area contributed by atoms with Crippen LogP contribution in [0, 0.1) is 17.8 Å². The van der Waals surface area contributed by atoms with Crippen LogP contribution < -0.4 is 0 Å². The van der Waals surface area contributed by atoms with Crippen LogP contribution in [0.2, 0.25) is 0 Å². The van der Waals surface area contributed by atoms with Gasteiger partial charge in [-0.25, -0.2) is 4.39 Å². The van der Waals surface area contributed by atoms with E-state index >= 15 is 0 Å². The van der Waals surface area contributed by atoms with Crippen LogP contribution in [0.15, 0.2) is 0 Å². The van der Waals surface area contributed by atoms with Crippen molar-refractivity contribution < 1.29 is 18.0 Å². The fourth-order valence-electron chi connectivity index (χ4n) is 2.29. The average molecular weight is 290 g/mol. The summed E-state index contributed by atoms with van der Waals surface area (Å²) in [6.45, 7) is 3.63. The van der Waals surface area contributed by atoms with E-state index in [2.05, 4.69) is 11.8 Å². The summed E-state index contributed by atoms with van der Waals surface area (Å²) in [5.41, 5.74) is 0. The third kappa shape index (κ3) is 5.65. The summed E-state index contributed by atoms with van der Waals surface area (Å²) < 4.78 is 35.8. The van der Waals surface area contributed by atoms with Gasteiger partial charge in [-0.2, -0.15) is 0 Å². The molecule has 0 heterocycles. The fourth-order valence-corrected chi connectivity index (χ4v) is 3.59. The lowest BCUT2D eigenvalue weighted by atomic mass is 9.87. The monoisotopic (exact) mass is 290 g/mol. The molecule has 1 aliphatic carbocycles. The lowest BCUT2D eigenvalue weighted by Crippen LogP contribution is -2.07. The van der Waals surface area contributed by atoms with Crippen molar-refractivity contribution in [2.45, 2.75) is 58.3 Å². The SMILES string of the molecule is CCOP(=O)(OCC)C(F)C#CCC1CCCCC1. The van der Waals surface area contributed by atoms with E-state index in [1.807, 2.05) is 0 Å². The molecule has 110 valence electrons. The molecule has 0 aromatic heterocycles. The van der Waals surface area contributed by atoms with Crippen molar-refractivity contribution in [1.29, 1.82) is 0 Å². The van der Waals surface area contributed by atoms with Gasteiger partial charge in [-0.3, -0.25) is 4.57 Å². The molecule has 1 atom stereocenters. The average Bonchev–Trinajstić information content (AvgIpc) is 2.40. The Morgan fingerprint density at radius 1 is 1.21 bits per heavy atom. The molecule has 1 aliphatic rings. The van der Waals surface area contributed by atoms with Gasteiger partial charge in [0.15, 0.2) is 0 Å². The molecule has 1 fully saturated rings. The molecule has 0 aromatic rings. The summed E-state index contributed by atoms with van der Waals surface area (Å²) in [5, 5.41) is 0. The van der Waals surface area contributed by atoms with Crippen LogP contribution in [0.3, 0.4) is 0 Å². The predicted molar refractivity (Wildman–Crippen MR) is 74.7 cm³/mol. The van der Waals surface area contributed by atoms with Gasteiger partial charge in [-0.15, -0.1) is 0 Å². The highest BCUT2D eigenvalue weighted by atomic mass is 31.2. The van der Waals surface area contributed by atoms with E-state index < -0.39 is 13.5 Å². The fraction of sp³-hybridized carbons (Fsp3) is 0.857.